The van der Waals surface area contributed by atoms with Gasteiger partial charge in [0.1, 0.15) is 18.3 Å². The van der Waals surface area contributed by atoms with Crippen molar-refractivity contribution >= 4 is 29.8 Å². The summed E-state index contributed by atoms with van der Waals surface area (Å²) in [6, 6.07) is 3.83. The third-order valence-electron chi connectivity index (χ3n) is 4.17. The molecule has 0 fully saturated rings. The number of benzene rings is 1. The summed E-state index contributed by atoms with van der Waals surface area (Å²) in [5.74, 6) is -5.01. The van der Waals surface area contributed by atoms with Crippen molar-refractivity contribution in [1.82, 2.24) is 16.0 Å². The average molecular weight is 453 g/mol. The zero-order valence-corrected chi connectivity index (χ0v) is 17.5. The molecule has 0 aromatic heterocycles. The van der Waals surface area contributed by atoms with E-state index in [1.54, 1.807) is 0 Å². The predicted octanol–water partition coefficient (Wildman–Crippen LogP) is 0.205. The smallest absolute Gasteiger partial charge is 0.356 e. The molecule has 1 atom stereocenters. The second kappa shape index (κ2) is 13.5. The average Bonchev–Trinajstić information content (AvgIpc) is 2.73. The second-order valence-electron chi connectivity index (χ2n) is 6.79. The summed E-state index contributed by atoms with van der Waals surface area (Å²) >= 11 is 0. The SMILES string of the molecule is CCCCCNC(=O)[C@H](Cc1ccc(OC(C(=O)O)C(=O)O)cc1)NC(=O)NCC(=O)O. The number of nitrogens with one attached hydrogen (secondary N) is 3. The van der Waals surface area contributed by atoms with Crippen molar-refractivity contribution < 1.29 is 44.0 Å². The molecule has 12 heteroatoms. The molecule has 12 nitrogen and oxygen atoms in total. The summed E-state index contributed by atoms with van der Waals surface area (Å²) in [6.45, 7) is 1.82. The van der Waals surface area contributed by atoms with Crippen molar-refractivity contribution in [1.29, 1.82) is 0 Å². The first-order valence-corrected chi connectivity index (χ1v) is 9.89. The minimum atomic E-state index is -2.07. The van der Waals surface area contributed by atoms with Gasteiger partial charge >= 0.3 is 23.9 Å². The van der Waals surface area contributed by atoms with Gasteiger partial charge in [-0.2, -0.15) is 0 Å². The molecule has 0 bridgehead atoms. The Morgan fingerprint density at radius 3 is 2.09 bits per heavy atom. The Morgan fingerprint density at radius 1 is 0.938 bits per heavy atom. The number of carbonyl (C=O) groups excluding carboxylic acids is 2. The summed E-state index contributed by atoms with van der Waals surface area (Å²) in [5, 5.41) is 33.7. The quantitative estimate of drug-likeness (QED) is 0.169. The maximum atomic E-state index is 12.5. The zero-order valence-electron chi connectivity index (χ0n) is 17.5. The lowest BCUT2D eigenvalue weighted by Gasteiger charge is -2.19. The summed E-state index contributed by atoms with van der Waals surface area (Å²) in [5.41, 5.74) is 0.562. The summed E-state index contributed by atoms with van der Waals surface area (Å²) in [7, 11) is 0. The van der Waals surface area contributed by atoms with Crippen LogP contribution in [-0.4, -0.2) is 70.4 Å². The van der Waals surface area contributed by atoms with Gasteiger partial charge in [-0.05, 0) is 24.1 Å². The van der Waals surface area contributed by atoms with Crippen molar-refractivity contribution in [2.45, 2.75) is 44.8 Å². The Kier molecular flexibility index (Phi) is 11.0. The summed E-state index contributed by atoms with van der Waals surface area (Å²) < 4.78 is 4.93. The van der Waals surface area contributed by atoms with Crippen molar-refractivity contribution in [3.8, 4) is 5.75 Å². The molecule has 0 aliphatic carbocycles. The molecule has 1 aromatic rings. The van der Waals surface area contributed by atoms with Gasteiger partial charge in [0.15, 0.2) is 0 Å². The van der Waals surface area contributed by atoms with Crippen molar-refractivity contribution in [2.24, 2.45) is 0 Å². The van der Waals surface area contributed by atoms with Crippen molar-refractivity contribution in [3.05, 3.63) is 29.8 Å². The van der Waals surface area contributed by atoms with E-state index in [1.165, 1.54) is 24.3 Å². The van der Waals surface area contributed by atoms with E-state index in [0.29, 0.717) is 12.1 Å². The third-order valence-corrected chi connectivity index (χ3v) is 4.17. The highest BCUT2D eigenvalue weighted by Gasteiger charge is 2.28. The van der Waals surface area contributed by atoms with Crippen LogP contribution in [0.4, 0.5) is 4.79 Å². The van der Waals surface area contributed by atoms with Gasteiger partial charge in [-0.25, -0.2) is 14.4 Å². The van der Waals surface area contributed by atoms with Gasteiger partial charge in [-0.3, -0.25) is 9.59 Å². The van der Waals surface area contributed by atoms with E-state index in [0.717, 1.165) is 19.3 Å². The molecule has 0 aliphatic heterocycles. The van der Waals surface area contributed by atoms with Gasteiger partial charge in [0.05, 0.1) is 0 Å². The molecule has 0 saturated carbocycles. The normalized spacial score (nSPS) is 11.3. The van der Waals surface area contributed by atoms with Crippen LogP contribution in [0.1, 0.15) is 31.7 Å². The molecule has 32 heavy (non-hydrogen) atoms. The van der Waals surface area contributed by atoms with Gasteiger partial charge < -0.3 is 36.0 Å². The molecule has 0 aliphatic rings. The van der Waals surface area contributed by atoms with Gasteiger partial charge in [0, 0.05) is 13.0 Å². The number of unbranched alkanes of at least 4 members (excludes halogenated alkanes) is 2. The molecule has 176 valence electrons. The number of urea groups is 1. The highest BCUT2D eigenvalue weighted by Crippen LogP contribution is 2.15. The Bertz CT molecular complexity index is 797. The fourth-order valence-corrected chi connectivity index (χ4v) is 2.57. The first kappa shape index (κ1) is 26.2. The molecule has 1 rings (SSSR count). The Hall–Kier alpha value is -3.83. The molecular formula is C20H27N3O9. The van der Waals surface area contributed by atoms with Crippen LogP contribution < -0.4 is 20.7 Å². The van der Waals surface area contributed by atoms with Crippen LogP contribution in [-0.2, 0) is 25.6 Å². The molecule has 0 saturated heterocycles. The van der Waals surface area contributed by atoms with Crippen LogP contribution in [0.2, 0.25) is 0 Å². The monoisotopic (exact) mass is 453 g/mol. The molecule has 3 amide bonds. The van der Waals surface area contributed by atoms with Crippen molar-refractivity contribution in [3.63, 3.8) is 0 Å². The largest absolute Gasteiger partial charge is 0.480 e. The van der Waals surface area contributed by atoms with E-state index in [4.69, 9.17) is 20.1 Å². The molecule has 0 heterocycles. The fourth-order valence-electron chi connectivity index (χ4n) is 2.57. The second-order valence-corrected chi connectivity index (χ2v) is 6.79. The molecule has 0 unspecified atom stereocenters. The number of hydrogen-bond donors (Lipinski definition) is 6. The van der Waals surface area contributed by atoms with Crippen LogP contribution in [0.15, 0.2) is 24.3 Å². The summed E-state index contributed by atoms with van der Waals surface area (Å²) in [4.78, 5) is 56.9. The summed E-state index contributed by atoms with van der Waals surface area (Å²) in [6.07, 6.45) is 0.630. The van der Waals surface area contributed by atoms with Gasteiger partial charge in [-0.1, -0.05) is 31.9 Å². The maximum Gasteiger partial charge on any atom is 0.356 e. The molecule has 0 spiro atoms. The van der Waals surface area contributed by atoms with Crippen LogP contribution in [0.5, 0.6) is 5.75 Å². The standard InChI is InChI=1S/C20H27N3O9/c1-2-3-4-9-21-17(26)14(23-20(31)22-11-15(24)25)10-12-5-7-13(8-6-12)32-16(18(27)28)19(29)30/h5-8,14,16H,2-4,9-11H2,1H3,(H,21,26)(H,24,25)(H,27,28)(H,29,30)(H2,22,23,31)/t14-/m0/s1. The lowest BCUT2D eigenvalue weighted by molar-refractivity contribution is -0.159. The number of ether oxygens (including phenoxy) is 1. The number of carboxylic acid groups (broad SMARTS) is 3. The molecular weight excluding hydrogens is 426 g/mol. The Balaban J connectivity index is 2.84. The van der Waals surface area contributed by atoms with Gasteiger partial charge in [0.2, 0.25) is 5.91 Å². The van der Waals surface area contributed by atoms with Crippen LogP contribution in [0.3, 0.4) is 0 Å². The molecule has 6 N–H and O–H groups in total. The van der Waals surface area contributed by atoms with Gasteiger partial charge in [-0.15, -0.1) is 0 Å². The maximum absolute atomic E-state index is 12.5. The van der Waals surface area contributed by atoms with Crippen LogP contribution >= 0.6 is 0 Å². The van der Waals surface area contributed by atoms with E-state index in [-0.39, 0.29) is 12.2 Å². The lowest BCUT2D eigenvalue weighted by atomic mass is 10.0. The number of aliphatic carboxylic acids is 3. The zero-order chi connectivity index (χ0) is 24.1. The molecule has 1 aromatic carbocycles. The number of carboxylic acids is 3. The minimum absolute atomic E-state index is 0.00345. The Morgan fingerprint density at radius 2 is 1.56 bits per heavy atom. The topological polar surface area (TPSA) is 191 Å². The predicted molar refractivity (Wildman–Crippen MR) is 110 cm³/mol. The first-order chi connectivity index (χ1) is 15.1. The number of rotatable bonds is 14. The van der Waals surface area contributed by atoms with E-state index >= 15 is 0 Å². The van der Waals surface area contributed by atoms with E-state index in [2.05, 4.69) is 16.0 Å². The highest BCUT2D eigenvalue weighted by molar-refractivity contribution is 5.96. The van der Waals surface area contributed by atoms with Crippen LogP contribution in [0, 0.1) is 0 Å². The lowest BCUT2D eigenvalue weighted by Crippen LogP contribution is -2.51. The van der Waals surface area contributed by atoms with E-state index in [1.807, 2.05) is 6.92 Å². The highest BCUT2D eigenvalue weighted by atomic mass is 16.5. The Labute approximate surface area is 183 Å². The van der Waals surface area contributed by atoms with Gasteiger partial charge in [0.25, 0.3) is 6.10 Å². The third kappa shape index (κ3) is 9.78. The number of amides is 3. The van der Waals surface area contributed by atoms with Crippen LogP contribution in [0.25, 0.3) is 0 Å². The number of carbonyl (C=O) groups is 5. The minimum Gasteiger partial charge on any atom is -0.480 e. The van der Waals surface area contributed by atoms with Crippen molar-refractivity contribution in [2.75, 3.05) is 13.1 Å². The van der Waals surface area contributed by atoms with E-state index < -0.39 is 48.5 Å². The number of hydrogen-bond acceptors (Lipinski definition) is 6. The molecule has 0 radical (unpaired) electrons. The fraction of sp³-hybridized carbons (Fsp3) is 0.450. The van der Waals surface area contributed by atoms with E-state index in [9.17, 15) is 24.0 Å². The first-order valence-electron chi connectivity index (χ1n) is 9.89.